The van der Waals surface area contributed by atoms with Crippen LogP contribution < -0.4 is 0 Å². The van der Waals surface area contributed by atoms with Crippen LogP contribution in [0.15, 0.2) is 42.7 Å². The van der Waals surface area contributed by atoms with E-state index in [-0.39, 0.29) is 5.78 Å². The zero-order chi connectivity index (χ0) is 19.4. The first kappa shape index (κ1) is 19.5. The monoisotopic (exact) mass is 363 g/mol. The smallest absolute Gasteiger partial charge is 0.160 e. The Balaban J connectivity index is 1.85. The average molecular weight is 364 g/mol. The molecule has 3 rings (SSSR count). The number of carbonyl (C=O) groups is 1. The van der Waals surface area contributed by atoms with Gasteiger partial charge in [0.05, 0.1) is 0 Å². The average Bonchev–Trinajstić information content (AvgIpc) is 2.66. The van der Waals surface area contributed by atoms with Crippen molar-refractivity contribution < 1.29 is 4.79 Å². The zero-order valence-corrected chi connectivity index (χ0v) is 16.8. The van der Waals surface area contributed by atoms with Crippen LogP contribution in [0.2, 0.25) is 0 Å². The zero-order valence-electron chi connectivity index (χ0n) is 16.8. The van der Waals surface area contributed by atoms with E-state index in [1.807, 2.05) is 32.3 Å². The quantitative estimate of drug-likeness (QED) is 0.757. The Bertz CT molecular complexity index is 848. The van der Waals surface area contributed by atoms with Crippen LogP contribution in [0, 0.1) is 6.92 Å². The second-order valence-electron chi connectivity index (χ2n) is 7.45. The summed E-state index contributed by atoms with van der Waals surface area (Å²) in [7, 11) is 2.18. The van der Waals surface area contributed by atoms with E-state index in [0.717, 1.165) is 60.6 Å². The van der Waals surface area contributed by atoms with Gasteiger partial charge in [0.1, 0.15) is 0 Å². The van der Waals surface area contributed by atoms with Gasteiger partial charge in [0.2, 0.25) is 0 Å². The number of Topliss-reactive ketones (excluding diaryl/α,β-unsaturated/α-hetero) is 1. The first-order valence-electron chi connectivity index (χ1n) is 9.61. The van der Waals surface area contributed by atoms with Crippen molar-refractivity contribution in [2.24, 2.45) is 0 Å². The maximum absolute atomic E-state index is 12.0. The maximum Gasteiger partial charge on any atom is 0.160 e. The molecule has 0 amide bonds. The van der Waals surface area contributed by atoms with E-state index < -0.39 is 0 Å². The molecule has 1 saturated heterocycles. The van der Waals surface area contributed by atoms with E-state index in [2.05, 4.69) is 46.1 Å². The lowest BCUT2D eigenvalue weighted by molar-refractivity contribution is -0.111. The number of piperazine rings is 1. The Hall–Kier alpha value is -2.30. The van der Waals surface area contributed by atoms with Crippen molar-refractivity contribution in [3.05, 3.63) is 59.4 Å². The van der Waals surface area contributed by atoms with Crippen LogP contribution in [0.3, 0.4) is 0 Å². The highest BCUT2D eigenvalue weighted by molar-refractivity contribution is 6.20. The SMILES string of the molecule is C/C=C(/C(C)=O)c1cc(-c2cncc(CN3CCN(C)CC3)c2)ccc1C. The first-order valence-corrected chi connectivity index (χ1v) is 9.61. The minimum absolute atomic E-state index is 0.0969. The maximum atomic E-state index is 12.0. The summed E-state index contributed by atoms with van der Waals surface area (Å²) >= 11 is 0. The molecule has 1 fully saturated rings. The van der Waals surface area contributed by atoms with Gasteiger partial charge < -0.3 is 4.90 Å². The van der Waals surface area contributed by atoms with Crippen molar-refractivity contribution >= 4 is 11.4 Å². The third kappa shape index (κ3) is 4.71. The van der Waals surface area contributed by atoms with Crippen molar-refractivity contribution in [3.63, 3.8) is 0 Å². The summed E-state index contributed by atoms with van der Waals surface area (Å²) in [6, 6.07) is 8.54. The molecule has 0 radical (unpaired) electrons. The fraction of sp³-hybridized carbons (Fsp3) is 0.391. The lowest BCUT2D eigenvalue weighted by atomic mass is 9.93. The molecule has 27 heavy (non-hydrogen) atoms. The molecule has 0 unspecified atom stereocenters. The van der Waals surface area contributed by atoms with Crippen molar-refractivity contribution in [2.45, 2.75) is 27.3 Å². The van der Waals surface area contributed by atoms with Crippen molar-refractivity contribution in [1.82, 2.24) is 14.8 Å². The summed E-state index contributed by atoms with van der Waals surface area (Å²) in [4.78, 5) is 21.3. The highest BCUT2D eigenvalue weighted by atomic mass is 16.1. The van der Waals surface area contributed by atoms with Gasteiger partial charge in [-0.3, -0.25) is 14.7 Å². The van der Waals surface area contributed by atoms with Gasteiger partial charge in [-0.05, 0) is 62.2 Å². The number of aryl methyl sites for hydroxylation is 1. The second-order valence-corrected chi connectivity index (χ2v) is 7.45. The van der Waals surface area contributed by atoms with Gasteiger partial charge in [-0.1, -0.05) is 18.2 Å². The van der Waals surface area contributed by atoms with E-state index >= 15 is 0 Å². The molecule has 0 N–H and O–H groups in total. The number of hydrogen-bond acceptors (Lipinski definition) is 4. The van der Waals surface area contributed by atoms with Gasteiger partial charge in [0.15, 0.2) is 5.78 Å². The van der Waals surface area contributed by atoms with Crippen molar-refractivity contribution in [3.8, 4) is 11.1 Å². The summed E-state index contributed by atoms with van der Waals surface area (Å²) in [5.74, 6) is 0.0969. The van der Waals surface area contributed by atoms with Gasteiger partial charge in [-0.25, -0.2) is 0 Å². The number of nitrogens with zero attached hydrogens (tertiary/aromatic N) is 3. The van der Waals surface area contributed by atoms with E-state index in [9.17, 15) is 4.79 Å². The van der Waals surface area contributed by atoms with E-state index in [1.165, 1.54) is 5.56 Å². The van der Waals surface area contributed by atoms with Crippen LogP contribution in [0.4, 0.5) is 0 Å². The normalized spacial score (nSPS) is 16.5. The van der Waals surface area contributed by atoms with Gasteiger partial charge in [0.25, 0.3) is 0 Å². The molecule has 1 aliphatic rings. The molecule has 1 aromatic carbocycles. The number of carbonyl (C=O) groups excluding carboxylic acids is 1. The Morgan fingerprint density at radius 3 is 2.52 bits per heavy atom. The Kier molecular flexibility index (Phi) is 6.19. The van der Waals surface area contributed by atoms with E-state index in [0.29, 0.717) is 0 Å². The number of rotatable bonds is 5. The first-order chi connectivity index (χ1) is 13.0. The lowest BCUT2D eigenvalue weighted by Gasteiger charge is -2.32. The molecule has 2 heterocycles. The molecular weight excluding hydrogens is 334 g/mol. The van der Waals surface area contributed by atoms with Crippen LogP contribution in [0.5, 0.6) is 0 Å². The molecule has 0 spiro atoms. The molecule has 0 bridgehead atoms. The van der Waals surface area contributed by atoms with Crippen molar-refractivity contribution in [2.75, 3.05) is 33.2 Å². The van der Waals surface area contributed by atoms with Gasteiger partial charge in [0, 0.05) is 56.3 Å². The highest BCUT2D eigenvalue weighted by Gasteiger charge is 2.15. The third-order valence-electron chi connectivity index (χ3n) is 5.33. The van der Waals surface area contributed by atoms with E-state index in [1.54, 1.807) is 6.92 Å². The summed E-state index contributed by atoms with van der Waals surface area (Å²) in [6.45, 7) is 10.9. The molecule has 2 aromatic rings. The van der Waals surface area contributed by atoms with Crippen LogP contribution in [0.25, 0.3) is 16.7 Å². The molecule has 0 saturated carbocycles. The fourth-order valence-corrected chi connectivity index (χ4v) is 3.64. The number of benzene rings is 1. The Labute approximate surface area is 162 Å². The minimum atomic E-state index is 0.0969. The minimum Gasteiger partial charge on any atom is -0.304 e. The van der Waals surface area contributed by atoms with Crippen LogP contribution >= 0.6 is 0 Å². The standard InChI is InChI=1S/C23H29N3O/c1-5-22(18(3)27)23-13-20(7-6-17(23)2)21-12-19(14-24-15-21)16-26-10-8-25(4)9-11-26/h5-7,12-15H,8-11,16H2,1-4H3/b22-5-. The fourth-order valence-electron chi connectivity index (χ4n) is 3.64. The number of allylic oxidation sites excluding steroid dienone is 2. The summed E-state index contributed by atoms with van der Waals surface area (Å²) in [5.41, 5.74) is 6.33. The predicted octanol–water partition coefficient (Wildman–Crippen LogP) is 3.80. The second kappa shape index (κ2) is 8.59. The summed E-state index contributed by atoms with van der Waals surface area (Å²) in [6.07, 6.45) is 5.77. The summed E-state index contributed by atoms with van der Waals surface area (Å²) in [5, 5.41) is 0. The molecule has 1 aliphatic heterocycles. The lowest BCUT2D eigenvalue weighted by Crippen LogP contribution is -2.43. The summed E-state index contributed by atoms with van der Waals surface area (Å²) < 4.78 is 0. The van der Waals surface area contributed by atoms with Crippen LogP contribution in [-0.2, 0) is 11.3 Å². The number of hydrogen-bond donors (Lipinski definition) is 0. The molecule has 0 atom stereocenters. The van der Waals surface area contributed by atoms with Gasteiger partial charge in [-0.15, -0.1) is 0 Å². The molecule has 1 aromatic heterocycles. The van der Waals surface area contributed by atoms with Gasteiger partial charge in [-0.2, -0.15) is 0 Å². The number of aromatic nitrogens is 1. The van der Waals surface area contributed by atoms with E-state index in [4.69, 9.17) is 0 Å². The topological polar surface area (TPSA) is 36.4 Å². The number of likely N-dealkylation sites (N-methyl/N-ethyl adjacent to an activating group) is 1. The molecular formula is C23H29N3O. The Morgan fingerprint density at radius 1 is 1.11 bits per heavy atom. The van der Waals surface area contributed by atoms with Crippen molar-refractivity contribution in [1.29, 1.82) is 0 Å². The molecule has 4 nitrogen and oxygen atoms in total. The van der Waals surface area contributed by atoms with Gasteiger partial charge >= 0.3 is 0 Å². The number of pyridine rings is 1. The predicted molar refractivity (Wildman–Crippen MR) is 112 cm³/mol. The van der Waals surface area contributed by atoms with Crippen LogP contribution in [-0.4, -0.2) is 53.8 Å². The molecule has 4 heteroatoms. The largest absolute Gasteiger partial charge is 0.304 e. The number of ketones is 1. The highest BCUT2D eigenvalue weighted by Crippen LogP contribution is 2.27. The Morgan fingerprint density at radius 2 is 1.85 bits per heavy atom. The third-order valence-corrected chi connectivity index (χ3v) is 5.33. The molecule has 142 valence electrons. The molecule has 0 aliphatic carbocycles. The van der Waals surface area contributed by atoms with Crippen LogP contribution in [0.1, 0.15) is 30.5 Å².